The second kappa shape index (κ2) is 11.5. The number of carbonyl (C=O) groups excluding carboxylic acids is 2. The summed E-state index contributed by atoms with van der Waals surface area (Å²) < 4.78 is 0. The van der Waals surface area contributed by atoms with Gasteiger partial charge in [-0.15, -0.1) is 0 Å². The van der Waals surface area contributed by atoms with Gasteiger partial charge < -0.3 is 4.90 Å². The van der Waals surface area contributed by atoms with Crippen molar-refractivity contribution in [3.05, 3.63) is 132 Å². The van der Waals surface area contributed by atoms with Crippen LogP contribution in [0.4, 0.5) is 4.79 Å². The smallest absolute Gasteiger partial charge is 0.305 e. The van der Waals surface area contributed by atoms with Gasteiger partial charge in [0.15, 0.2) is 0 Å². The van der Waals surface area contributed by atoms with E-state index in [9.17, 15) is 9.59 Å². The first-order valence-electron chi connectivity index (χ1n) is 15.0. The lowest BCUT2D eigenvalue weighted by molar-refractivity contribution is -0.135. The number of rotatable bonds is 7. The maximum Gasteiger partial charge on any atom is 0.328 e. The van der Waals surface area contributed by atoms with Gasteiger partial charge in [0.05, 0.1) is 12.1 Å². The van der Waals surface area contributed by atoms with E-state index < -0.39 is 5.54 Å². The van der Waals surface area contributed by atoms with Gasteiger partial charge >= 0.3 is 6.03 Å². The summed E-state index contributed by atoms with van der Waals surface area (Å²) in [7, 11) is 0. The number of imide groups is 1. The van der Waals surface area contributed by atoms with E-state index in [1.54, 1.807) is 6.20 Å². The van der Waals surface area contributed by atoms with Crippen LogP contribution in [0, 0.1) is 0 Å². The van der Waals surface area contributed by atoms with E-state index in [0.717, 1.165) is 41.7 Å². The molecule has 2 fully saturated rings. The van der Waals surface area contributed by atoms with Gasteiger partial charge in [-0.1, -0.05) is 109 Å². The molecule has 43 heavy (non-hydrogen) atoms. The van der Waals surface area contributed by atoms with Crippen molar-refractivity contribution in [1.29, 1.82) is 0 Å². The molecule has 0 N–H and O–H groups in total. The molecule has 0 aliphatic carbocycles. The number of aromatic nitrogens is 1. The third-order valence-electron chi connectivity index (χ3n) is 9.02. The SMILES string of the molecule is O=C1N(CC=Cc2ccccc2)C(=O)C2(CCN(Cc3cccc4ccccc34)CC2)N1Cc1cccc2cccnc12. The zero-order valence-electron chi connectivity index (χ0n) is 24.1. The second-order valence-electron chi connectivity index (χ2n) is 11.5. The highest BCUT2D eigenvalue weighted by Crippen LogP contribution is 2.39. The number of likely N-dealkylation sites (tertiary alicyclic amines) is 1. The molecule has 7 rings (SSSR count). The molecule has 5 aromatic rings. The molecule has 3 heterocycles. The minimum absolute atomic E-state index is 0.0896. The van der Waals surface area contributed by atoms with Crippen molar-refractivity contribution < 1.29 is 9.59 Å². The Hall–Kier alpha value is -4.81. The van der Waals surface area contributed by atoms with Gasteiger partial charge in [-0.3, -0.25) is 19.6 Å². The van der Waals surface area contributed by atoms with E-state index in [-0.39, 0.29) is 18.5 Å². The molecule has 214 valence electrons. The van der Waals surface area contributed by atoms with Gasteiger partial charge in [0.1, 0.15) is 5.54 Å². The quantitative estimate of drug-likeness (QED) is 0.201. The Kier molecular flexibility index (Phi) is 7.21. The Bertz CT molecular complexity index is 1810. The van der Waals surface area contributed by atoms with Crippen molar-refractivity contribution in [1.82, 2.24) is 19.7 Å². The van der Waals surface area contributed by atoms with Crippen LogP contribution in [0.5, 0.6) is 0 Å². The van der Waals surface area contributed by atoms with Crippen LogP contribution in [0.2, 0.25) is 0 Å². The molecule has 1 aromatic heterocycles. The molecular weight excluding hydrogens is 532 g/mol. The van der Waals surface area contributed by atoms with Gasteiger partial charge in [0, 0.05) is 37.8 Å². The second-order valence-corrected chi connectivity index (χ2v) is 11.5. The standard InChI is InChI=1S/C37H34N4O2/c42-35-37(20-24-39(25-21-37)26-31-16-6-14-29-13-4-5-19-33(29)31)41(27-32-17-7-15-30-18-8-22-38-34(30)32)36(43)40(35)23-9-12-28-10-2-1-3-11-28/h1-19,22H,20-21,23-27H2. The first kappa shape index (κ1) is 27.0. The summed E-state index contributed by atoms with van der Waals surface area (Å²) in [6.07, 6.45) is 6.86. The van der Waals surface area contributed by atoms with E-state index in [2.05, 4.69) is 52.3 Å². The summed E-state index contributed by atoms with van der Waals surface area (Å²) in [5.74, 6) is -0.0896. The summed E-state index contributed by atoms with van der Waals surface area (Å²) in [6, 6.07) is 34.7. The minimum Gasteiger partial charge on any atom is -0.305 e. The molecule has 2 aliphatic heterocycles. The van der Waals surface area contributed by atoms with E-state index in [1.165, 1.54) is 21.2 Å². The molecule has 0 bridgehead atoms. The first-order chi connectivity index (χ1) is 21.1. The highest BCUT2D eigenvalue weighted by Gasteiger charge is 2.57. The maximum atomic E-state index is 14.2. The normalized spacial score (nSPS) is 17.2. The monoisotopic (exact) mass is 566 g/mol. The Labute approximate surface area is 251 Å². The molecule has 1 spiro atoms. The van der Waals surface area contributed by atoms with E-state index in [0.29, 0.717) is 19.4 Å². The zero-order chi connectivity index (χ0) is 29.2. The number of fused-ring (bicyclic) bond motifs is 2. The lowest BCUT2D eigenvalue weighted by atomic mass is 9.85. The lowest BCUT2D eigenvalue weighted by Gasteiger charge is -2.42. The van der Waals surface area contributed by atoms with Crippen LogP contribution in [-0.2, 0) is 17.9 Å². The van der Waals surface area contributed by atoms with Gasteiger partial charge in [0.25, 0.3) is 5.91 Å². The number of hydrogen-bond donors (Lipinski definition) is 0. The summed E-state index contributed by atoms with van der Waals surface area (Å²) in [6.45, 7) is 2.89. The number of piperidine rings is 1. The molecule has 2 saturated heterocycles. The van der Waals surface area contributed by atoms with Gasteiger partial charge in [-0.25, -0.2) is 4.79 Å². The summed E-state index contributed by atoms with van der Waals surface area (Å²) in [4.78, 5) is 38.6. The minimum atomic E-state index is -0.871. The average Bonchev–Trinajstić information content (AvgIpc) is 3.23. The molecule has 0 unspecified atom stereocenters. The fourth-order valence-electron chi connectivity index (χ4n) is 6.72. The van der Waals surface area contributed by atoms with E-state index in [1.807, 2.05) is 77.7 Å². The molecule has 6 heteroatoms. The molecule has 2 aliphatic rings. The van der Waals surface area contributed by atoms with Crippen molar-refractivity contribution in [2.24, 2.45) is 0 Å². The number of nitrogens with zero attached hydrogens (tertiary/aromatic N) is 4. The fourth-order valence-corrected chi connectivity index (χ4v) is 6.72. The number of urea groups is 1. The largest absolute Gasteiger partial charge is 0.328 e. The highest BCUT2D eigenvalue weighted by atomic mass is 16.2. The van der Waals surface area contributed by atoms with Gasteiger partial charge in [-0.2, -0.15) is 0 Å². The summed E-state index contributed by atoms with van der Waals surface area (Å²) in [5.41, 5.74) is 3.28. The van der Waals surface area contributed by atoms with Gasteiger partial charge in [-0.05, 0) is 46.4 Å². The molecule has 0 atom stereocenters. The van der Waals surface area contributed by atoms with Crippen LogP contribution in [-0.4, -0.2) is 56.8 Å². The summed E-state index contributed by atoms with van der Waals surface area (Å²) in [5, 5.41) is 3.53. The van der Waals surface area contributed by atoms with Crippen molar-refractivity contribution >= 4 is 39.7 Å². The maximum absolute atomic E-state index is 14.2. The zero-order valence-corrected chi connectivity index (χ0v) is 24.1. The Morgan fingerprint density at radius 3 is 2.26 bits per heavy atom. The summed E-state index contributed by atoms with van der Waals surface area (Å²) >= 11 is 0. The topological polar surface area (TPSA) is 56.8 Å². The van der Waals surface area contributed by atoms with Crippen LogP contribution < -0.4 is 0 Å². The average molecular weight is 567 g/mol. The third-order valence-corrected chi connectivity index (χ3v) is 9.02. The van der Waals surface area contributed by atoms with Crippen LogP contribution in [0.3, 0.4) is 0 Å². The first-order valence-corrected chi connectivity index (χ1v) is 15.0. The van der Waals surface area contributed by atoms with Crippen molar-refractivity contribution in [3.8, 4) is 0 Å². The number of benzene rings is 4. The number of carbonyl (C=O) groups is 2. The molecule has 0 radical (unpaired) electrons. The predicted molar refractivity (Wildman–Crippen MR) is 171 cm³/mol. The number of hydrogen-bond acceptors (Lipinski definition) is 4. The Morgan fingerprint density at radius 1 is 0.721 bits per heavy atom. The van der Waals surface area contributed by atoms with E-state index >= 15 is 0 Å². The molecule has 4 aromatic carbocycles. The Balaban J connectivity index is 1.16. The van der Waals surface area contributed by atoms with Crippen LogP contribution in [0.25, 0.3) is 27.8 Å². The molecular formula is C37H34N4O2. The molecule has 3 amide bonds. The lowest BCUT2D eigenvalue weighted by Crippen LogP contribution is -2.56. The Morgan fingerprint density at radius 2 is 1.42 bits per heavy atom. The van der Waals surface area contributed by atoms with Crippen molar-refractivity contribution in [2.45, 2.75) is 31.5 Å². The number of pyridine rings is 1. The van der Waals surface area contributed by atoms with Crippen LogP contribution >= 0.6 is 0 Å². The third kappa shape index (κ3) is 5.08. The van der Waals surface area contributed by atoms with Crippen molar-refractivity contribution in [3.63, 3.8) is 0 Å². The predicted octanol–water partition coefficient (Wildman–Crippen LogP) is 6.90. The van der Waals surface area contributed by atoms with Crippen LogP contribution in [0.1, 0.15) is 29.5 Å². The van der Waals surface area contributed by atoms with Crippen LogP contribution in [0.15, 0.2) is 115 Å². The molecule has 6 nitrogen and oxygen atoms in total. The number of para-hydroxylation sites is 1. The fraction of sp³-hybridized carbons (Fsp3) is 0.216. The van der Waals surface area contributed by atoms with Gasteiger partial charge in [0.2, 0.25) is 0 Å². The van der Waals surface area contributed by atoms with E-state index in [4.69, 9.17) is 0 Å². The number of amides is 3. The van der Waals surface area contributed by atoms with Crippen molar-refractivity contribution in [2.75, 3.05) is 19.6 Å². The molecule has 0 saturated carbocycles. The highest BCUT2D eigenvalue weighted by molar-refractivity contribution is 6.07.